The van der Waals surface area contributed by atoms with E-state index >= 15 is 0 Å². The molecule has 11 rings (SSSR count). The molecule has 294 valence electrons. The van der Waals surface area contributed by atoms with E-state index in [2.05, 4.69) is 255 Å². The van der Waals surface area contributed by atoms with Gasteiger partial charge in [-0.05, 0) is 102 Å². The van der Waals surface area contributed by atoms with Crippen LogP contribution in [-0.2, 0) is 5.41 Å². The van der Waals surface area contributed by atoms with Crippen LogP contribution in [0.1, 0.15) is 25.0 Å². The summed E-state index contributed by atoms with van der Waals surface area (Å²) in [6.45, 7) is 4.73. The van der Waals surface area contributed by atoms with E-state index in [0.717, 1.165) is 17.1 Å². The number of benzene rings is 10. The van der Waals surface area contributed by atoms with Crippen molar-refractivity contribution in [1.82, 2.24) is 0 Å². The van der Waals surface area contributed by atoms with Gasteiger partial charge in [-0.25, -0.2) is 0 Å². The third-order valence-corrected chi connectivity index (χ3v) is 12.9. The molecule has 1 heteroatoms. The summed E-state index contributed by atoms with van der Waals surface area (Å²) in [7, 11) is 0. The highest BCUT2D eigenvalue weighted by atomic mass is 15.1. The van der Waals surface area contributed by atoms with Crippen LogP contribution >= 0.6 is 0 Å². The van der Waals surface area contributed by atoms with Crippen LogP contribution in [0.25, 0.3) is 77.5 Å². The Balaban J connectivity index is 1.20. The van der Waals surface area contributed by atoms with Crippen molar-refractivity contribution in [2.75, 3.05) is 4.90 Å². The van der Waals surface area contributed by atoms with Gasteiger partial charge in [0.1, 0.15) is 0 Å². The summed E-state index contributed by atoms with van der Waals surface area (Å²) >= 11 is 0. The maximum absolute atomic E-state index is 2.51. The van der Waals surface area contributed by atoms with Crippen molar-refractivity contribution in [3.63, 3.8) is 0 Å². The van der Waals surface area contributed by atoms with E-state index in [4.69, 9.17) is 0 Å². The number of fused-ring (bicyclic) bond motifs is 4. The Morgan fingerprint density at radius 2 is 0.774 bits per heavy atom. The smallest absolute Gasteiger partial charge is 0.0546 e. The summed E-state index contributed by atoms with van der Waals surface area (Å²) in [5.74, 6) is 0. The molecular formula is C61H45N. The molecule has 1 nitrogen and oxygen atoms in total. The van der Waals surface area contributed by atoms with Crippen molar-refractivity contribution >= 4 is 27.8 Å². The lowest BCUT2D eigenvalue weighted by atomic mass is 9.82. The van der Waals surface area contributed by atoms with Gasteiger partial charge in [0.15, 0.2) is 0 Å². The molecule has 10 aromatic carbocycles. The lowest BCUT2D eigenvalue weighted by Crippen LogP contribution is -2.15. The Labute approximate surface area is 364 Å². The molecule has 0 spiro atoms. The quantitative estimate of drug-likeness (QED) is 0.148. The van der Waals surface area contributed by atoms with Gasteiger partial charge in [-0.2, -0.15) is 0 Å². The molecular weight excluding hydrogens is 747 g/mol. The topological polar surface area (TPSA) is 3.24 Å². The van der Waals surface area contributed by atoms with Gasteiger partial charge in [-0.15, -0.1) is 0 Å². The molecule has 0 atom stereocenters. The van der Waals surface area contributed by atoms with E-state index in [9.17, 15) is 0 Å². The van der Waals surface area contributed by atoms with E-state index < -0.39 is 0 Å². The monoisotopic (exact) mass is 791 g/mol. The summed E-state index contributed by atoms with van der Waals surface area (Å²) in [6.07, 6.45) is 0. The maximum Gasteiger partial charge on any atom is 0.0546 e. The van der Waals surface area contributed by atoms with Gasteiger partial charge >= 0.3 is 0 Å². The zero-order valence-electron chi connectivity index (χ0n) is 35.0. The predicted octanol–water partition coefficient (Wildman–Crippen LogP) is 17.0. The first-order valence-corrected chi connectivity index (χ1v) is 21.6. The SMILES string of the molecule is CC1(C)c2ccccc2-c2c(-c3ccccc3N(c3ccc(-c4cccc5ccccc45)cc3)c3cccc(-c4ccccc4)c3-c3ccccc3-c3ccccc3)cccc21. The van der Waals surface area contributed by atoms with Gasteiger partial charge in [0.25, 0.3) is 0 Å². The number of anilines is 3. The van der Waals surface area contributed by atoms with Crippen molar-refractivity contribution in [2.45, 2.75) is 19.3 Å². The summed E-state index contributed by atoms with van der Waals surface area (Å²) < 4.78 is 0. The third kappa shape index (κ3) is 6.25. The van der Waals surface area contributed by atoms with Gasteiger partial charge in [0.05, 0.1) is 11.4 Å². The standard InChI is InChI=1S/C61H45N/c1-61(2)55-34-15-13-30-54(55)59-53(33-18-35-56(59)61)51-28-14-16-36-57(51)62(46-40-38-45(39-41-46)48-31-17-25-43-24-9-10-26-47(43)48)58-37-19-32-50(44-22-7-4-8-23-44)60(58)52-29-12-11-27-49(52)42-20-5-3-6-21-42/h3-41H,1-2H3. The Morgan fingerprint density at radius 3 is 1.55 bits per heavy atom. The van der Waals surface area contributed by atoms with E-state index in [1.165, 1.54) is 88.7 Å². The molecule has 10 aromatic rings. The highest BCUT2D eigenvalue weighted by Gasteiger charge is 2.37. The van der Waals surface area contributed by atoms with E-state index in [1.807, 2.05) is 0 Å². The summed E-state index contributed by atoms with van der Waals surface area (Å²) in [5, 5.41) is 2.49. The van der Waals surface area contributed by atoms with Crippen LogP contribution < -0.4 is 4.90 Å². The molecule has 1 aliphatic rings. The van der Waals surface area contributed by atoms with Crippen molar-refractivity contribution < 1.29 is 0 Å². The summed E-state index contributed by atoms with van der Waals surface area (Å²) in [4.78, 5) is 2.51. The zero-order chi connectivity index (χ0) is 41.6. The fraction of sp³-hybridized carbons (Fsp3) is 0.0492. The Kier molecular flexibility index (Phi) is 9.24. The number of para-hydroxylation sites is 1. The first-order chi connectivity index (χ1) is 30.6. The largest absolute Gasteiger partial charge is 0.309 e. The normalized spacial score (nSPS) is 12.5. The first-order valence-electron chi connectivity index (χ1n) is 21.6. The molecule has 0 heterocycles. The van der Waals surface area contributed by atoms with Gasteiger partial charge in [0.2, 0.25) is 0 Å². The Hall–Kier alpha value is -7.74. The lowest BCUT2D eigenvalue weighted by molar-refractivity contribution is 0.660. The van der Waals surface area contributed by atoms with E-state index in [1.54, 1.807) is 0 Å². The van der Waals surface area contributed by atoms with Gasteiger partial charge in [0, 0.05) is 22.2 Å². The average Bonchev–Trinajstić information content (AvgIpc) is 3.58. The minimum absolute atomic E-state index is 0.119. The van der Waals surface area contributed by atoms with E-state index in [0.29, 0.717) is 0 Å². The molecule has 0 unspecified atom stereocenters. The molecule has 1 aliphatic carbocycles. The lowest BCUT2D eigenvalue weighted by Gasteiger charge is -2.32. The molecule has 0 bridgehead atoms. The molecule has 0 radical (unpaired) electrons. The predicted molar refractivity (Wildman–Crippen MR) is 263 cm³/mol. The number of rotatable bonds is 8. The van der Waals surface area contributed by atoms with Crippen LogP contribution in [0.15, 0.2) is 237 Å². The Morgan fingerprint density at radius 1 is 0.290 bits per heavy atom. The third-order valence-electron chi connectivity index (χ3n) is 12.9. The second-order valence-corrected chi connectivity index (χ2v) is 16.8. The molecule has 0 aliphatic heterocycles. The second-order valence-electron chi connectivity index (χ2n) is 16.8. The van der Waals surface area contributed by atoms with Crippen LogP contribution in [0.2, 0.25) is 0 Å². The molecule has 0 N–H and O–H groups in total. The number of hydrogen-bond donors (Lipinski definition) is 0. The van der Waals surface area contributed by atoms with Crippen molar-refractivity contribution in [1.29, 1.82) is 0 Å². The van der Waals surface area contributed by atoms with Gasteiger partial charge < -0.3 is 4.90 Å². The highest BCUT2D eigenvalue weighted by Crippen LogP contribution is 2.55. The van der Waals surface area contributed by atoms with Crippen LogP contribution in [-0.4, -0.2) is 0 Å². The van der Waals surface area contributed by atoms with Crippen LogP contribution in [0.5, 0.6) is 0 Å². The fourth-order valence-corrected chi connectivity index (χ4v) is 9.99. The number of hydrogen-bond acceptors (Lipinski definition) is 1. The van der Waals surface area contributed by atoms with Gasteiger partial charge in [-0.1, -0.05) is 226 Å². The van der Waals surface area contributed by atoms with Crippen molar-refractivity contribution in [2.24, 2.45) is 0 Å². The van der Waals surface area contributed by atoms with Gasteiger partial charge in [-0.3, -0.25) is 0 Å². The average molecular weight is 792 g/mol. The summed E-state index contributed by atoms with van der Waals surface area (Å²) in [6, 6.07) is 86.7. The van der Waals surface area contributed by atoms with Crippen LogP contribution in [0, 0.1) is 0 Å². The molecule has 62 heavy (non-hydrogen) atoms. The van der Waals surface area contributed by atoms with E-state index in [-0.39, 0.29) is 5.41 Å². The zero-order valence-corrected chi connectivity index (χ0v) is 35.0. The fourth-order valence-electron chi connectivity index (χ4n) is 9.99. The van der Waals surface area contributed by atoms with Crippen LogP contribution in [0.4, 0.5) is 17.1 Å². The second kappa shape index (κ2) is 15.4. The molecule has 0 saturated heterocycles. The maximum atomic E-state index is 2.51. The minimum atomic E-state index is -0.119. The summed E-state index contributed by atoms with van der Waals surface area (Å²) in [5.41, 5.74) is 20.5. The molecule has 0 fully saturated rings. The molecule has 0 amide bonds. The number of nitrogens with zero attached hydrogens (tertiary/aromatic N) is 1. The minimum Gasteiger partial charge on any atom is -0.309 e. The molecule has 0 saturated carbocycles. The van der Waals surface area contributed by atoms with Crippen molar-refractivity contribution in [3.05, 3.63) is 248 Å². The Bertz CT molecular complexity index is 3240. The molecule has 0 aromatic heterocycles. The van der Waals surface area contributed by atoms with Crippen molar-refractivity contribution in [3.8, 4) is 66.8 Å². The first kappa shape index (κ1) is 37.3. The highest BCUT2D eigenvalue weighted by molar-refractivity contribution is 6.04. The van der Waals surface area contributed by atoms with Crippen LogP contribution in [0.3, 0.4) is 0 Å².